The number of ether oxygens (including phenoxy) is 1. The third kappa shape index (κ3) is 5.51. The van der Waals surface area contributed by atoms with E-state index in [0.29, 0.717) is 23.5 Å². The molecule has 0 bridgehead atoms. The number of amides is 2. The molecule has 0 saturated carbocycles. The van der Waals surface area contributed by atoms with E-state index in [9.17, 15) is 18.0 Å². The monoisotopic (exact) mass is 434 g/mol. The number of hydrogen-bond acceptors (Lipinski definition) is 6. The van der Waals surface area contributed by atoms with E-state index in [4.69, 9.17) is 4.74 Å². The summed E-state index contributed by atoms with van der Waals surface area (Å²) in [4.78, 5) is 25.0. The molecular formula is C20H22N2O5S2. The van der Waals surface area contributed by atoms with Crippen LogP contribution in [0.1, 0.15) is 19.8 Å². The van der Waals surface area contributed by atoms with Gasteiger partial charge in [-0.05, 0) is 30.3 Å². The molecule has 2 aromatic rings. The normalized spacial score (nSPS) is 16.3. The molecule has 0 fully saturated rings. The molecule has 0 aromatic heterocycles. The van der Waals surface area contributed by atoms with Crippen LogP contribution >= 0.6 is 11.8 Å². The molecular weight excluding hydrogens is 412 g/mol. The van der Waals surface area contributed by atoms with Gasteiger partial charge in [-0.2, -0.15) is 0 Å². The Labute approximate surface area is 174 Å². The highest BCUT2D eigenvalue weighted by molar-refractivity contribution is 8.00. The molecule has 0 radical (unpaired) electrons. The molecule has 1 aliphatic rings. The summed E-state index contributed by atoms with van der Waals surface area (Å²) in [6, 6.07) is 11.5. The van der Waals surface area contributed by atoms with Gasteiger partial charge in [-0.15, -0.1) is 11.8 Å². The first-order chi connectivity index (χ1) is 13.8. The lowest BCUT2D eigenvalue weighted by Gasteiger charge is -2.11. The van der Waals surface area contributed by atoms with Gasteiger partial charge in [0.15, 0.2) is 9.84 Å². The zero-order valence-electron chi connectivity index (χ0n) is 16.1. The number of rotatable bonds is 6. The second kappa shape index (κ2) is 8.87. The van der Waals surface area contributed by atoms with Crippen molar-refractivity contribution in [2.24, 2.45) is 0 Å². The van der Waals surface area contributed by atoms with Crippen molar-refractivity contribution in [1.29, 1.82) is 0 Å². The van der Waals surface area contributed by atoms with E-state index < -0.39 is 15.7 Å². The van der Waals surface area contributed by atoms with Gasteiger partial charge in [0.05, 0.1) is 23.4 Å². The van der Waals surface area contributed by atoms with Gasteiger partial charge in [0.25, 0.3) is 0 Å². The number of methoxy groups -OCH3 is 1. The zero-order chi connectivity index (χ0) is 21.0. The van der Waals surface area contributed by atoms with E-state index in [2.05, 4.69) is 10.6 Å². The largest absolute Gasteiger partial charge is 0.497 e. The Bertz CT molecular complexity index is 1040. The molecule has 2 amide bonds. The number of carbonyl (C=O) groups is 2. The number of carbonyl (C=O) groups excluding carboxylic acids is 2. The third-order valence-corrected chi connectivity index (χ3v) is 7.23. The summed E-state index contributed by atoms with van der Waals surface area (Å²) in [5, 5.41) is 5.53. The molecule has 0 saturated heterocycles. The second-order valence-electron chi connectivity index (χ2n) is 6.69. The second-order valence-corrected chi connectivity index (χ2v) is 10.3. The smallest absolute Gasteiger partial charge is 0.225 e. The van der Waals surface area contributed by atoms with Gasteiger partial charge in [0.1, 0.15) is 5.75 Å². The van der Waals surface area contributed by atoms with Gasteiger partial charge >= 0.3 is 0 Å². The Morgan fingerprint density at radius 1 is 1.28 bits per heavy atom. The number of benzene rings is 2. The van der Waals surface area contributed by atoms with E-state index in [1.54, 1.807) is 30.3 Å². The molecule has 1 atom stereocenters. The molecule has 2 aromatic carbocycles. The minimum absolute atomic E-state index is 0.0842. The molecule has 9 heteroatoms. The number of anilines is 2. The molecule has 3 rings (SSSR count). The summed E-state index contributed by atoms with van der Waals surface area (Å²) in [6.45, 7) is 1.95. The van der Waals surface area contributed by atoms with Crippen LogP contribution in [0, 0.1) is 0 Å². The van der Waals surface area contributed by atoms with E-state index in [1.165, 1.54) is 31.0 Å². The highest BCUT2D eigenvalue weighted by atomic mass is 32.2. The van der Waals surface area contributed by atoms with E-state index >= 15 is 0 Å². The van der Waals surface area contributed by atoms with Crippen LogP contribution in [0.3, 0.4) is 0 Å². The van der Waals surface area contributed by atoms with Gasteiger partial charge in [-0.3, -0.25) is 9.59 Å². The predicted molar refractivity (Wildman–Crippen MR) is 113 cm³/mol. The van der Waals surface area contributed by atoms with Crippen molar-refractivity contribution in [3.05, 3.63) is 42.5 Å². The lowest BCUT2D eigenvalue weighted by molar-refractivity contribution is -0.116. The van der Waals surface area contributed by atoms with Crippen LogP contribution in [0.25, 0.3) is 0 Å². The maximum absolute atomic E-state index is 12.7. The summed E-state index contributed by atoms with van der Waals surface area (Å²) in [5.41, 5.74) is 1.02. The first-order valence-corrected chi connectivity index (χ1v) is 11.6. The van der Waals surface area contributed by atoms with Crippen molar-refractivity contribution in [2.75, 3.05) is 23.5 Å². The predicted octanol–water partition coefficient (Wildman–Crippen LogP) is 3.32. The zero-order valence-corrected chi connectivity index (χ0v) is 17.7. The standard InChI is InChI=1S/C20H22N2O5S2/c1-13-10-20(24)22-17-12-16(6-7-18(17)28-13)29(25,26)9-8-19(23)21-14-4-3-5-15(11-14)27-2/h3-7,11-13H,8-10H2,1-2H3,(H,21,23)(H,22,24)/t13-/m0/s1. The minimum Gasteiger partial charge on any atom is -0.497 e. The number of nitrogens with one attached hydrogen (secondary N) is 2. The van der Waals surface area contributed by atoms with Gasteiger partial charge in [-0.25, -0.2) is 8.42 Å². The van der Waals surface area contributed by atoms with Gasteiger partial charge in [-0.1, -0.05) is 13.0 Å². The van der Waals surface area contributed by atoms with Crippen molar-refractivity contribution in [3.8, 4) is 5.75 Å². The fourth-order valence-electron chi connectivity index (χ4n) is 2.89. The van der Waals surface area contributed by atoms with Crippen LogP contribution in [0.4, 0.5) is 11.4 Å². The molecule has 154 valence electrons. The first-order valence-electron chi connectivity index (χ1n) is 9.04. The lowest BCUT2D eigenvalue weighted by atomic mass is 10.3. The summed E-state index contributed by atoms with van der Waals surface area (Å²) in [5.74, 6) is -0.293. The Hall–Kier alpha value is -2.52. The summed E-state index contributed by atoms with van der Waals surface area (Å²) < 4.78 is 30.5. The number of fused-ring (bicyclic) bond motifs is 1. The average molecular weight is 435 g/mol. The lowest BCUT2D eigenvalue weighted by Crippen LogP contribution is -2.18. The fraction of sp³-hybridized carbons (Fsp3) is 0.300. The Morgan fingerprint density at radius 2 is 2.07 bits per heavy atom. The molecule has 0 spiro atoms. The quantitative estimate of drug-likeness (QED) is 0.723. The Kier molecular flexibility index (Phi) is 6.49. The molecule has 1 heterocycles. The highest BCUT2D eigenvalue weighted by Crippen LogP contribution is 2.36. The van der Waals surface area contributed by atoms with Crippen LogP contribution in [0.15, 0.2) is 52.3 Å². The molecule has 7 nitrogen and oxygen atoms in total. The van der Waals surface area contributed by atoms with Crippen molar-refractivity contribution in [3.63, 3.8) is 0 Å². The molecule has 1 aliphatic heterocycles. The van der Waals surface area contributed by atoms with Crippen LogP contribution in [-0.4, -0.2) is 38.3 Å². The maximum Gasteiger partial charge on any atom is 0.225 e. The van der Waals surface area contributed by atoms with Gasteiger partial charge in [0.2, 0.25) is 11.8 Å². The maximum atomic E-state index is 12.7. The third-order valence-electron chi connectivity index (χ3n) is 4.34. The van der Waals surface area contributed by atoms with Crippen molar-refractivity contribution in [1.82, 2.24) is 0 Å². The summed E-state index contributed by atoms with van der Waals surface area (Å²) in [6.07, 6.45) is 0.181. The van der Waals surface area contributed by atoms with Gasteiger partial charge in [0, 0.05) is 34.7 Å². The number of hydrogen-bond donors (Lipinski definition) is 2. The molecule has 29 heavy (non-hydrogen) atoms. The van der Waals surface area contributed by atoms with E-state index in [-0.39, 0.29) is 28.2 Å². The van der Waals surface area contributed by atoms with E-state index in [1.807, 2.05) is 6.92 Å². The summed E-state index contributed by atoms with van der Waals surface area (Å²) >= 11 is 1.53. The highest BCUT2D eigenvalue weighted by Gasteiger charge is 2.23. The van der Waals surface area contributed by atoms with E-state index in [0.717, 1.165) is 4.90 Å². The van der Waals surface area contributed by atoms with Crippen LogP contribution < -0.4 is 15.4 Å². The van der Waals surface area contributed by atoms with Crippen molar-refractivity contribution in [2.45, 2.75) is 34.8 Å². The SMILES string of the molecule is COc1cccc(NC(=O)CCS(=O)(=O)c2ccc3c(c2)NC(=O)C[C@H](C)S3)c1. The minimum atomic E-state index is -3.68. The van der Waals surface area contributed by atoms with Crippen LogP contribution in [0.2, 0.25) is 0 Å². The molecule has 0 unspecified atom stereocenters. The van der Waals surface area contributed by atoms with Crippen molar-refractivity contribution < 1.29 is 22.7 Å². The average Bonchev–Trinajstić information content (AvgIpc) is 2.82. The first kappa shape index (κ1) is 21.2. The Balaban J connectivity index is 1.68. The molecule has 0 aliphatic carbocycles. The fourth-order valence-corrected chi connectivity index (χ4v) is 5.21. The number of sulfone groups is 1. The van der Waals surface area contributed by atoms with Crippen molar-refractivity contribution >= 4 is 44.8 Å². The van der Waals surface area contributed by atoms with Crippen LogP contribution in [0.5, 0.6) is 5.75 Å². The topological polar surface area (TPSA) is 102 Å². The van der Waals surface area contributed by atoms with Gasteiger partial charge < -0.3 is 15.4 Å². The van der Waals surface area contributed by atoms with Crippen LogP contribution in [-0.2, 0) is 19.4 Å². The summed E-state index contributed by atoms with van der Waals surface area (Å²) in [7, 11) is -2.16. The number of thioether (sulfide) groups is 1. The molecule has 2 N–H and O–H groups in total. The Morgan fingerprint density at radius 3 is 2.83 bits per heavy atom.